The number of anilines is 7. The number of piperazine rings is 3. The number of likely N-dealkylation sites (tertiary alicyclic amines) is 1. The highest BCUT2D eigenvalue weighted by atomic mass is 16.5. The molecule has 12 aromatic heterocycles. The molecule has 7 aliphatic rings. The van der Waals surface area contributed by atoms with Gasteiger partial charge in [-0.2, -0.15) is 5.10 Å². The smallest absolute Gasteiger partial charge is 0.256 e. The number of fused-ring (bicyclic) bond motifs is 20. The topological polar surface area (TPSA) is 416 Å². The van der Waals surface area contributed by atoms with Crippen LogP contribution in [-0.2, 0) is 15.9 Å². The molecule has 0 spiro atoms. The van der Waals surface area contributed by atoms with Gasteiger partial charge in [0.15, 0.2) is 62.6 Å². The number of carbonyl (C=O) groups is 4. The number of carbonyl (C=O) groups excluding carboxylic acids is 4. The van der Waals surface area contributed by atoms with Gasteiger partial charge < -0.3 is 92.2 Å². The maximum Gasteiger partial charge on any atom is 0.256 e. The molecular formula is C95H111N31O7. The molecule has 38 nitrogen and oxygen atoms in total. The van der Waals surface area contributed by atoms with E-state index in [0.29, 0.717) is 136 Å². The second-order valence-corrected chi connectivity index (χ2v) is 36.2. The standard InChI is InChI=1S/C25H30N8O.C24H28N8O2.C23H28N8O2.C23H25N7O2/c1-15-13-32(14-16(2)27-15)20-12-17-22(31-10-6-7-11-31)21(25(34)26-3)24-28-18-8-4-5-9-19(18)33(24)23(17)30-29-20;1-13-9-31(10-14(2)26-13)19-8-16-21(27-15-11-34-12-15)20(24(33)25-3)23-28-17-6-4-5-7-18(17)32(23)22(16)30-29-19;1-13-11-30(12-14(2)26-13)18-10-15-20(25-8-9-32)19(23(33)24-3)22-27-16-6-4-5-7-17(16)31(22)21(15)29-28-18;1-24-23(31)19-20(25-15-11-32-12-15)16-8-14(7-13-9-29(2)10-13)27-28-21(16)30-18-6-4-3-5-17(18)26-22(19)30/h4-5,8-9,12,15-16,27H,6-7,10-11,13-14H2,1-3H3,(H,26,34);4-8,13-15,26-27H,9-12H2,1-3H3,(H,25,33);4-7,10,13-14,25-26,32H,8-9,11-12H2,1-3H3,(H,24,33);3-6,8,13,15,25H,7,9-12H2,1-2H3,(H,24,31)/t15-,16+;2*13-,14+;. The highest BCUT2D eigenvalue weighted by Crippen LogP contribution is 2.43. The van der Waals surface area contributed by atoms with Gasteiger partial charge in [0.05, 0.1) is 118 Å². The molecule has 0 aliphatic carbocycles. The minimum Gasteiger partial charge on any atom is -0.395 e. The number of benzene rings is 4. The number of rotatable bonds is 17. The van der Waals surface area contributed by atoms with Crippen molar-refractivity contribution >= 4 is 175 Å². The molecule has 19 heterocycles. The van der Waals surface area contributed by atoms with E-state index >= 15 is 0 Å². The van der Waals surface area contributed by atoms with Crippen molar-refractivity contribution < 1.29 is 33.8 Å². The van der Waals surface area contributed by atoms with E-state index in [4.69, 9.17) is 39.6 Å². The summed E-state index contributed by atoms with van der Waals surface area (Å²) in [7, 11) is 8.69. The summed E-state index contributed by atoms with van der Waals surface area (Å²) in [4.78, 5) is 83.5. The highest BCUT2D eigenvalue weighted by Gasteiger charge is 2.37. The lowest BCUT2D eigenvalue weighted by molar-refractivity contribution is 0.0211. The summed E-state index contributed by atoms with van der Waals surface area (Å²) in [5, 5.41) is 82.3. The molecule has 6 atom stereocenters. The van der Waals surface area contributed by atoms with Crippen LogP contribution in [0.1, 0.15) is 102 Å². The third-order valence-electron chi connectivity index (χ3n) is 26.1. The molecule has 7 saturated heterocycles. The predicted molar refractivity (Wildman–Crippen MR) is 518 cm³/mol. The number of pyridine rings is 4. The Morgan fingerprint density at radius 2 is 0.714 bits per heavy atom. The van der Waals surface area contributed by atoms with Crippen LogP contribution in [0.25, 0.3) is 111 Å². The van der Waals surface area contributed by atoms with E-state index < -0.39 is 0 Å². The summed E-state index contributed by atoms with van der Waals surface area (Å²) < 4.78 is 18.5. The van der Waals surface area contributed by atoms with Crippen LogP contribution >= 0.6 is 0 Å². The van der Waals surface area contributed by atoms with E-state index in [0.717, 1.165) is 196 Å². The zero-order valence-electron chi connectivity index (χ0n) is 76.5. The monoisotopic (exact) mass is 1800 g/mol. The van der Waals surface area contributed by atoms with E-state index in [9.17, 15) is 24.3 Å². The number of hydrogen-bond donors (Lipinski definition) is 11. The summed E-state index contributed by atoms with van der Waals surface area (Å²) in [6.07, 6.45) is 3.08. The van der Waals surface area contributed by atoms with Gasteiger partial charge in [-0.05, 0) is 147 Å². The first-order valence-electron chi connectivity index (χ1n) is 46.0. The number of aliphatic hydroxyl groups is 1. The van der Waals surface area contributed by atoms with Crippen molar-refractivity contribution in [3.8, 4) is 0 Å². The quantitative estimate of drug-likeness (QED) is 0.0421. The van der Waals surface area contributed by atoms with Crippen LogP contribution in [0.5, 0.6) is 0 Å². The molecule has 4 amide bonds. The van der Waals surface area contributed by atoms with Crippen molar-refractivity contribution in [1.29, 1.82) is 0 Å². The first kappa shape index (κ1) is 87.2. The number of imidazole rings is 4. The lowest BCUT2D eigenvalue weighted by atomic mass is 9.95. The number of hydrogen-bond acceptors (Lipinski definition) is 30. The highest BCUT2D eigenvalue weighted by molar-refractivity contribution is 6.18. The summed E-state index contributed by atoms with van der Waals surface area (Å²) in [5.74, 6) is 2.20. The normalized spacial score (nSPS) is 19.7. The van der Waals surface area contributed by atoms with Crippen LogP contribution in [0.15, 0.2) is 121 Å². The summed E-state index contributed by atoms with van der Waals surface area (Å²) in [5.41, 5.74) is 17.7. The largest absolute Gasteiger partial charge is 0.395 e. The van der Waals surface area contributed by atoms with Crippen molar-refractivity contribution in [1.82, 2.24) is 120 Å². The Hall–Kier alpha value is -13.8. The Bertz CT molecular complexity index is 7190. The van der Waals surface area contributed by atoms with Gasteiger partial charge in [0.2, 0.25) is 0 Å². The zero-order chi connectivity index (χ0) is 91.7. The van der Waals surface area contributed by atoms with E-state index in [1.165, 1.54) is 0 Å². The molecular weight excluding hydrogens is 1690 g/mol. The first-order valence-corrected chi connectivity index (χ1v) is 46.0. The third-order valence-corrected chi connectivity index (χ3v) is 26.1. The minimum absolute atomic E-state index is 0.0749. The van der Waals surface area contributed by atoms with Gasteiger partial charge in [0.1, 0.15) is 22.3 Å². The van der Waals surface area contributed by atoms with Gasteiger partial charge in [0, 0.05) is 158 Å². The maximum atomic E-state index is 13.4. The first-order chi connectivity index (χ1) is 64.7. The van der Waals surface area contributed by atoms with Crippen molar-refractivity contribution in [3.05, 3.63) is 149 Å². The average Bonchev–Trinajstić information content (AvgIpc) is 1.60. The van der Waals surface area contributed by atoms with Crippen LogP contribution < -0.4 is 72.8 Å². The Morgan fingerprint density at radius 1 is 0.391 bits per heavy atom. The molecule has 7 fully saturated rings. The van der Waals surface area contributed by atoms with Gasteiger partial charge in [0.25, 0.3) is 23.6 Å². The van der Waals surface area contributed by atoms with Gasteiger partial charge in [-0.25, -0.2) is 19.9 Å². The van der Waals surface area contributed by atoms with E-state index in [-0.39, 0.29) is 48.9 Å². The molecule has 38 heteroatoms. The number of amides is 4. The fourth-order valence-corrected chi connectivity index (χ4v) is 20.2. The van der Waals surface area contributed by atoms with Gasteiger partial charge in [-0.1, -0.05) is 48.5 Å². The van der Waals surface area contributed by atoms with Crippen molar-refractivity contribution in [2.24, 2.45) is 5.92 Å². The fraction of sp³-hybridized carbons (Fsp3) is 0.411. The summed E-state index contributed by atoms with van der Waals surface area (Å²) in [6.45, 7) is 24.6. The summed E-state index contributed by atoms with van der Waals surface area (Å²) >= 11 is 0. The molecule has 23 rings (SSSR count). The average molecular weight is 1800 g/mol. The number of nitrogens with one attached hydrogen (secondary N) is 10. The minimum atomic E-state index is -0.263. The van der Waals surface area contributed by atoms with Gasteiger partial charge in [-0.15, -0.1) is 35.7 Å². The molecule has 11 N–H and O–H groups in total. The number of aliphatic hydroxyl groups excluding tert-OH is 1. The van der Waals surface area contributed by atoms with Crippen LogP contribution in [-0.4, -0.2) is 301 Å². The van der Waals surface area contributed by atoms with Crippen molar-refractivity contribution in [3.63, 3.8) is 0 Å². The predicted octanol–water partition coefficient (Wildman–Crippen LogP) is 7.45. The van der Waals surface area contributed by atoms with Crippen LogP contribution in [0, 0.1) is 5.92 Å². The number of nitrogens with zero attached hydrogens (tertiary/aromatic N) is 21. The van der Waals surface area contributed by atoms with E-state index in [1.807, 2.05) is 121 Å². The maximum absolute atomic E-state index is 13.4. The summed E-state index contributed by atoms with van der Waals surface area (Å²) in [6, 6.07) is 41.9. The van der Waals surface area contributed by atoms with E-state index in [1.54, 1.807) is 28.2 Å². The third kappa shape index (κ3) is 16.3. The number of aromatic nitrogens is 16. The second kappa shape index (κ2) is 36.4. The molecule has 4 aromatic carbocycles. The lowest BCUT2D eigenvalue weighted by Crippen LogP contribution is -2.54. The Morgan fingerprint density at radius 3 is 1.07 bits per heavy atom. The SMILES string of the molecule is CNC(=O)c1c(N2CCCC2)c2cc(N3C[C@@H](C)N[C@@H](C)C3)nnc2n2c1nc1ccccc12.CNC(=O)c1c(NC2COC2)c2cc(CC3CN(C)C3)nnc2n2c1nc1ccccc12.CNC(=O)c1c(NC2COC2)c2cc(N3C[C@@H](C)N[C@@H](C)C3)nnc2n2c1nc1ccccc12.CNC(=O)c1c(NCCO)c2cc(N3C[C@@H](C)N[C@@H](C)C3)nnc2n2c1nc1ccccc12. The molecule has 7 aliphatic heterocycles. The molecule has 0 saturated carbocycles. The van der Waals surface area contributed by atoms with E-state index in [2.05, 4.69) is 175 Å². The molecule has 0 unspecified atom stereocenters. The Kier molecular flexibility index (Phi) is 23.9. The Labute approximate surface area is 765 Å². The molecule has 16 aromatic rings. The van der Waals surface area contributed by atoms with Crippen LogP contribution in [0.2, 0.25) is 0 Å². The van der Waals surface area contributed by atoms with Crippen LogP contribution in [0.3, 0.4) is 0 Å². The number of ether oxygens (including phenoxy) is 2. The lowest BCUT2D eigenvalue weighted by Gasteiger charge is -2.36. The van der Waals surface area contributed by atoms with Gasteiger partial charge >= 0.3 is 0 Å². The fourth-order valence-electron chi connectivity index (χ4n) is 20.2. The van der Waals surface area contributed by atoms with Crippen molar-refractivity contribution in [2.75, 3.05) is 176 Å². The second-order valence-electron chi connectivity index (χ2n) is 36.2. The Balaban J connectivity index is 0.000000110. The number of para-hydroxylation sites is 8. The van der Waals surface area contributed by atoms with Crippen molar-refractivity contribution in [2.45, 2.75) is 109 Å². The van der Waals surface area contributed by atoms with Gasteiger partial charge in [-0.3, -0.25) is 36.8 Å². The molecule has 0 radical (unpaired) electrons. The molecule has 0 bridgehead atoms. The van der Waals surface area contributed by atoms with Crippen LogP contribution in [0.4, 0.5) is 40.2 Å². The molecule has 133 heavy (non-hydrogen) atoms. The molecule has 688 valence electrons. The zero-order valence-corrected chi connectivity index (χ0v) is 76.5.